The molecule has 0 aliphatic rings. The number of hydrogen-bond donors (Lipinski definition) is 0. The number of hydrogen-bond acceptors (Lipinski definition) is 8. The highest BCUT2D eigenvalue weighted by Crippen LogP contribution is 2.45. The summed E-state index contributed by atoms with van der Waals surface area (Å²) in [5, 5.41) is 2.29. The molecular weight excluding hydrogens is 965 g/mol. The first-order chi connectivity index (χ1) is 37.7. The first-order valence-corrected chi connectivity index (χ1v) is 26.3. The highest BCUT2D eigenvalue weighted by Gasteiger charge is 2.21. The Bertz CT molecular complexity index is 4270. The van der Waals surface area contributed by atoms with Gasteiger partial charge in [-0.1, -0.05) is 163 Å². The lowest BCUT2D eigenvalue weighted by atomic mass is 9.88. The molecule has 76 heavy (non-hydrogen) atoms. The molecule has 0 aliphatic carbocycles. The molecule has 0 amide bonds. The third-order valence-electron chi connectivity index (χ3n) is 13.5. The van der Waals surface area contributed by atoms with Crippen LogP contribution in [-0.2, 0) is 0 Å². The maximum atomic E-state index is 4.90. The average molecular weight is 1010 g/mol. The van der Waals surface area contributed by atoms with Gasteiger partial charge in [-0.05, 0) is 148 Å². The topological polar surface area (TPSA) is 58.0 Å². The standard InChI is InChI=1S/C68H42N6S2/c1-6-16-50(17-7-1)63-61-45-38-54(46-62(61)64(51-18-8-2-9-19-51)68-67(63)71-76-72-68)49-36-43-60(44-37-49)74(57-24-14-5-15-25-57)59-41-30-48(31-42-59)27-33-53-35-34-52(65-66(53)70-75-69-65)32-26-47-28-39-58(40-29-47)73(55-20-10-3-11-21-55)56-22-12-4-13-23-56/h1-25,28-31,34-46H. The Morgan fingerprint density at radius 1 is 0.263 bits per heavy atom. The second-order valence-electron chi connectivity index (χ2n) is 18.1. The summed E-state index contributed by atoms with van der Waals surface area (Å²) in [4.78, 5) is 4.51. The Labute approximate surface area is 449 Å². The first kappa shape index (κ1) is 45.9. The molecular formula is C68H42N6S2. The molecule has 0 spiro atoms. The fourth-order valence-corrected chi connectivity index (χ4v) is 11.0. The molecule has 2 heterocycles. The summed E-state index contributed by atoms with van der Waals surface area (Å²) < 4.78 is 19.1. The lowest BCUT2D eigenvalue weighted by molar-refractivity contribution is 1.28. The van der Waals surface area contributed by atoms with Crippen molar-refractivity contribution in [3.8, 4) is 57.1 Å². The van der Waals surface area contributed by atoms with Gasteiger partial charge in [0.25, 0.3) is 0 Å². The predicted molar refractivity (Wildman–Crippen MR) is 316 cm³/mol. The van der Waals surface area contributed by atoms with Gasteiger partial charge in [0.2, 0.25) is 0 Å². The molecule has 0 saturated carbocycles. The van der Waals surface area contributed by atoms with Crippen LogP contribution in [0.4, 0.5) is 34.1 Å². The number of nitrogens with zero attached hydrogens (tertiary/aromatic N) is 6. The monoisotopic (exact) mass is 1010 g/mol. The summed E-state index contributed by atoms with van der Waals surface area (Å²) in [6, 6.07) is 88.7. The number of rotatable bonds is 9. The second-order valence-corrected chi connectivity index (χ2v) is 19.2. The van der Waals surface area contributed by atoms with Crippen LogP contribution in [0.1, 0.15) is 22.3 Å². The molecule has 2 aromatic heterocycles. The molecule has 0 N–H and O–H groups in total. The van der Waals surface area contributed by atoms with Crippen molar-refractivity contribution < 1.29 is 0 Å². The van der Waals surface area contributed by atoms with Gasteiger partial charge < -0.3 is 9.80 Å². The molecule has 13 rings (SSSR count). The number of fused-ring (bicyclic) bond motifs is 3. The summed E-state index contributed by atoms with van der Waals surface area (Å²) in [7, 11) is 0. The minimum Gasteiger partial charge on any atom is -0.311 e. The maximum Gasteiger partial charge on any atom is 0.121 e. The van der Waals surface area contributed by atoms with Gasteiger partial charge in [0, 0.05) is 56.4 Å². The predicted octanol–water partition coefficient (Wildman–Crippen LogP) is 17.6. The molecule has 0 atom stereocenters. The van der Waals surface area contributed by atoms with Gasteiger partial charge in [-0.25, -0.2) is 0 Å². The van der Waals surface area contributed by atoms with Crippen LogP contribution in [-0.4, -0.2) is 17.5 Å². The molecule has 8 heteroatoms. The van der Waals surface area contributed by atoms with Gasteiger partial charge in [-0.2, -0.15) is 17.5 Å². The van der Waals surface area contributed by atoms with Crippen LogP contribution in [0.5, 0.6) is 0 Å². The molecule has 0 radical (unpaired) electrons. The maximum absolute atomic E-state index is 4.90. The van der Waals surface area contributed by atoms with E-state index in [1.807, 2.05) is 30.3 Å². The van der Waals surface area contributed by atoms with E-state index >= 15 is 0 Å². The summed E-state index contributed by atoms with van der Waals surface area (Å²) in [6.07, 6.45) is 0. The van der Waals surface area contributed by atoms with E-state index in [-0.39, 0.29) is 0 Å². The Morgan fingerprint density at radius 2 is 0.605 bits per heavy atom. The first-order valence-electron chi connectivity index (χ1n) is 24.9. The van der Waals surface area contributed by atoms with Gasteiger partial charge in [0.05, 0.1) is 34.6 Å². The molecule has 11 aromatic carbocycles. The number of anilines is 6. The van der Waals surface area contributed by atoms with Crippen LogP contribution in [0.25, 0.3) is 66.2 Å². The van der Waals surface area contributed by atoms with E-state index < -0.39 is 0 Å². The lowest BCUT2D eigenvalue weighted by Crippen LogP contribution is -2.09. The van der Waals surface area contributed by atoms with Gasteiger partial charge in [-0.15, -0.1) is 0 Å². The Hall–Kier alpha value is -9.96. The Kier molecular flexibility index (Phi) is 12.4. The highest BCUT2D eigenvalue weighted by atomic mass is 32.1. The van der Waals surface area contributed by atoms with Crippen molar-refractivity contribution in [2.24, 2.45) is 0 Å². The lowest BCUT2D eigenvalue weighted by Gasteiger charge is -2.25. The summed E-state index contributed by atoms with van der Waals surface area (Å²) in [5.74, 6) is 13.5. The molecule has 356 valence electrons. The van der Waals surface area contributed by atoms with Gasteiger partial charge in [0.15, 0.2) is 0 Å². The third-order valence-corrected chi connectivity index (χ3v) is 14.6. The van der Waals surface area contributed by atoms with E-state index in [9.17, 15) is 0 Å². The fourth-order valence-electron chi connectivity index (χ4n) is 9.88. The largest absolute Gasteiger partial charge is 0.311 e. The Balaban J connectivity index is 0.769. The van der Waals surface area contributed by atoms with E-state index in [0.717, 1.165) is 123 Å². The van der Waals surface area contributed by atoms with Crippen molar-refractivity contribution in [1.29, 1.82) is 0 Å². The minimum absolute atomic E-state index is 0.752. The molecule has 6 nitrogen and oxygen atoms in total. The number of para-hydroxylation sites is 3. The second kappa shape index (κ2) is 20.5. The van der Waals surface area contributed by atoms with E-state index in [1.54, 1.807) is 0 Å². The quantitative estimate of drug-likeness (QED) is 0.134. The van der Waals surface area contributed by atoms with Crippen LogP contribution < -0.4 is 9.80 Å². The fraction of sp³-hybridized carbons (Fsp3) is 0. The van der Waals surface area contributed by atoms with Crippen molar-refractivity contribution in [1.82, 2.24) is 17.5 Å². The summed E-state index contributed by atoms with van der Waals surface area (Å²) in [6.45, 7) is 0. The van der Waals surface area contributed by atoms with Crippen LogP contribution in [0.2, 0.25) is 0 Å². The summed E-state index contributed by atoms with van der Waals surface area (Å²) >= 11 is 2.44. The van der Waals surface area contributed by atoms with Gasteiger partial charge in [-0.3, -0.25) is 0 Å². The van der Waals surface area contributed by atoms with Crippen LogP contribution in [0, 0.1) is 23.7 Å². The minimum atomic E-state index is 0.752. The zero-order valence-corrected chi connectivity index (χ0v) is 42.4. The van der Waals surface area contributed by atoms with Crippen LogP contribution in [0.15, 0.2) is 255 Å². The SMILES string of the molecule is C(#Cc1ccc(C#Cc2ccc(N(c3ccccc3)c3ccc(-c4ccc5c(-c6ccccc6)c6nsnc6c(-c6ccccc6)c5c4)cc3)cc2)c2nsnc12)c1ccc(N(c2ccccc2)c2ccccc2)cc1. The van der Waals surface area contributed by atoms with Crippen molar-refractivity contribution in [3.63, 3.8) is 0 Å². The van der Waals surface area contributed by atoms with Crippen molar-refractivity contribution >= 4 is 90.4 Å². The van der Waals surface area contributed by atoms with E-state index in [4.69, 9.17) is 8.75 Å². The van der Waals surface area contributed by atoms with Crippen molar-refractivity contribution in [2.45, 2.75) is 0 Å². The summed E-state index contributed by atoms with van der Waals surface area (Å²) in [5.41, 5.74) is 19.8. The van der Waals surface area contributed by atoms with E-state index in [0.29, 0.717) is 0 Å². The zero-order chi connectivity index (χ0) is 50.6. The van der Waals surface area contributed by atoms with E-state index in [2.05, 4.69) is 267 Å². The van der Waals surface area contributed by atoms with E-state index in [1.165, 1.54) is 23.5 Å². The number of benzene rings is 11. The number of aromatic nitrogens is 4. The van der Waals surface area contributed by atoms with Crippen molar-refractivity contribution in [2.75, 3.05) is 9.80 Å². The van der Waals surface area contributed by atoms with Crippen molar-refractivity contribution in [3.05, 3.63) is 277 Å². The average Bonchev–Trinajstić information content (AvgIpc) is 4.22. The highest BCUT2D eigenvalue weighted by molar-refractivity contribution is 7.00. The van der Waals surface area contributed by atoms with Crippen LogP contribution >= 0.6 is 23.5 Å². The Morgan fingerprint density at radius 3 is 1.03 bits per heavy atom. The van der Waals surface area contributed by atoms with Crippen LogP contribution in [0.3, 0.4) is 0 Å². The van der Waals surface area contributed by atoms with Gasteiger partial charge >= 0.3 is 0 Å². The molecule has 0 bridgehead atoms. The molecule has 0 unspecified atom stereocenters. The zero-order valence-electron chi connectivity index (χ0n) is 40.7. The molecule has 13 aromatic rings. The van der Waals surface area contributed by atoms with Gasteiger partial charge in [0.1, 0.15) is 22.1 Å². The normalized spacial score (nSPS) is 10.9. The molecule has 0 saturated heterocycles. The smallest absolute Gasteiger partial charge is 0.121 e. The third kappa shape index (κ3) is 9.01. The molecule has 0 fully saturated rings. The molecule has 0 aliphatic heterocycles.